The van der Waals surface area contributed by atoms with Crippen molar-refractivity contribution in [2.45, 2.75) is 51.5 Å². The number of benzene rings is 1. The highest BCUT2D eigenvalue weighted by Gasteiger charge is 2.09. The molecule has 0 radical (unpaired) electrons. The number of hydrogen-bond acceptors (Lipinski definition) is 1. The minimum Gasteiger partial charge on any atom is -0.324 e. The minimum absolute atomic E-state index is 0.253. The van der Waals surface area contributed by atoms with Gasteiger partial charge in [-0.2, -0.15) is 0 Å². The van der Waals surface area contributed by atoms with Gasteiger partial charge in [0, 0.05) is 6.04 Å². The Hall–Kier alpha value is -1.08. The van der Waals surface area contributed by atoms with Crippen molar-refractivity contribution in [3.63, 3.8) is 0 Å². The quantitative estimate of drug-likeness (QED) is 0.835. The summed E-state index contributed by atoms with van der Waals surface area (Å²) in [5.74, 6) is 0. The van der Waals surface area contributed by atoms with E-state index in [1.54, 1.807) is 0 Å². The lowest BCUT2D eigenvalue weighted by Crippen LogP contribution is -2.15. The zero-order valence-corrected chi connectivity index (χ0v) is 10.8. The molecule has 0 aliphatic heterocycles. The van der Waals surface area contributed by atoms with Crippen molar-refractivity contribution in [3.05, 3.63) is 41.5 Å². The van der Waals surface area contributed by atoms with Gasteiger partial charge in [0.05, 0.1) is 0 Å². The predicted octanol–water partition coefficient (Wildman–Crippen LogP) is 3.92. The first kappa shape index (κ1) is 12.4. The first-order chi connectivity index (χ1) is 8.29. The summed E-state index contributed by atoms with van der Waals surface area (Å²) in [6, 6.07) is 9.29. The van der Waals surface area contributed by atoms with Gasteiger partial charge in [0.2, 0.25) is 0 Å². The van der Waals surface area contributed by atoms with Crippen LogP contribution in [0.3, 0.4) is 0 Å². The van der Waals surface area contributed by atoms with Crippen molar-refractivity contribution in [3.8, 4) is 0 Å². The Bertz CT molecular complexity index is 375. The summed E-state index contributed by atoms with van der Waals surface area (Å²) in [7, 11) is 0. The molecule has 1 atom stereocenters. The van der Waals surface area contributed by atoms with E-state index in [0.29, 0.717) is 0 Å². The predicted molar refractivity (Wildman–Crippen MR) is 74.9 cm³/mol. The molecule has 2 N–H and O–H groups in total. The van der Waals surface area contributed by atoms with Crippen LogP contribution in [0.15, 0.2) is 30.3 Å². The van der Waals surface area contributed by atoms with E-state index in [9.17, 15) is 0 Å². The molecule has 1 aliphatic carbocycles. The molecule has 0 heterocycles. The highest BCUT2D eigenvalue weighted by molar-refractivity contribution is 5.66. The van der Waals surface area contributed by atoms with Crippen LogP contribution in [0.5, 0.6) is 0 Å². The van der Waals surface area contributed by atoms with Crippen molar-refractivity contribution in [2.75, 3.05) is 0 Å². The van der Waals surface area contributed by atoms with Gasteiger partial charge in [-0.1, -0.05) is 50.1 Å². The van der Waals surface area contributed by atoms with Crippen LogP contribution in [0.4, 0.5) is 0 Å². The maximum atomic E-state index is 6.06. The van der Waals surface area contributed by atoms with Crippen LogP contribution in [-0.2, 0) is 6.42 Å². The molecule has 1 nitrogen and oxygen atoms in total. The molecule has 0 spiro atoms. The van der Waals surface area contributed by atoms with E-state index < -0.39 is 0 Å². The molecule has 1 heteroatoms. The van der Waals surface area contributed by atoms with Crippen molar-refractivity contribution >= 4 is 5.57 Å². The van der Waals surface area contributed by atoms with E-state index in [-0.39, 0.29) is 6.04 Å². The van der Waals surface area contributed by atoms with Gasteiger partial charge < -0.3 is 5.73 Å². The van der Waals surface area contributed by atoms with Crippen molar-refractivity contribution in [2.24, 2.45) is 5.73 Å². The van der Waals surface area contributed by atoms with Gasteiger partial charge in [-0.15, -0.1) is 0 Å². The van der Waals surface area contributed by atoms with E-state index in [1.165, 1.54) is 48.8 Å². The molecule has 0 fully saturated rings. The SMILES string of the molecule is CCCc1ccc(C2=CC(N)CCCC2)cc1. The van der Waals surface area contributed by atoms with E-state index in [2.05, 4.69) is 37.3 Å². The third kappa shape index (κ3) is 3.44. The number of aryl methyl sites for hydroxylation is 1. The highest BCUT2D eigenvalue weighted by Crippen LogP contribution is 2.25. The molecule has 17 heavy (non-hydrogen) atoms. The number of nitrogens with two attached hydrogens (primary N) is 1. The Morgan fingerprint density at radius 2 is 1.94 bits per heavy atom. The zero-order valence-electron chi connectivity index (χ0n) is 10.8. The lowest BCUT2D eigenvalue weighted by atomic mass is 9.99. The van der Waals surface area contributed by atoms with Gasteiger partial charge in [-0.05, 0) is 42.4 Å². The molecule has 1 aromatic rings. The zero-order chi connectivity index (χ0) is 12.1. The Morgan fingerprint density at radius 1 is 1.18 bits per heavy atom. The first-order valence-corrected chi connectivity index (χ1v) is 6.85. The average molecular weight is 229 g/mol. The van der Waals surface area contributed by atoms with Gasteiger partial charge >= 0.3 is 0 Å². The van der Waals surface area contributed by atoms with E-state index in [4.69, 9.17) is 5.73 Å². The Morgan fingerprint density at radius 3 is 2.65 bits per heavy atom. The second-order valence-corrected chi connectivity index (χ2v) is 5.05. The van der Waals surface area contributed by atoms with Crippen LogP contribution in [0, 0.1) is 0 Å². The molecule has 2 rings (SSSR count). The van der Waals surface area contributed by atoms with Crippen LogP contribution in [-0.4, -0.2) is 6.04 Å². The molecule has 0 bridgehead atoms. The Kier molecular flexibility index (Phi) is 4.38. The monoisotopic (exact) mass is 229 g/mol. The lowest BCUT2D eigenvalue weighted by molar-refractivity contribution is 0.658. The fourth-order valence-corrected chi connectivity index (χ4v) is 2.54. The summed E-state index contributed by atoms with van der Waals surface area (Å²) in [4.78, 5) is 0. The fourth-order valence-electron chi connectivity index (χ4n) is 2.54. The second kappa shape index (κ2) is 6.02. The van der Waals surface area contributed by atoms with E-state index >= 15 is 0 Å². The van der Waals surface area contributed by atoms with Gasteiger partial charge in [0.15, 0.2) is 0 Å². The second-order valence-electron chi connectivity index (χ2n) is 5.05. The molecular weight excluding hydrogens is 206 g/mol. The van der Waals surface area contributed by atoms with Crippen molar-refractivity contribution in [1.29, 1.82) is 0 Å². The van der Waals surface area contributed by atoms with Crippen LogP contribution < -0.4 is 5.73 Å². The van der Waals surface area contributed by atoms with Crippen molar-refractivity contribution < 1.29 is 0 Å². The molecule has 0 amide bonds. The molecule has 1 aromatic carbocycles. The Balaban J connectivity index is 2.15. The molecule has 0 saturated carbocycles. The summed E-state index contributed by atoms with van der Waals surface area (Å²) in [5.41, 5.74) is 10.3. The number of hydrogen-bond donors (Lipinski definition) is 1. The molecule has 0 saturated heterocycles. The van der Waals surface area contributed by atoms with Crippen LogP contribution in [0.25, 0.3) is 5.57 Å². The van der Waals surface area contributed by atoms with Gasteiger partial charge in [0.1, 0.15) is 0 Å². The first-order valence-electron chi connectivity index (χ1n) is 6.85. The van der Waals surface area contributed by atoms with Gasteiger partial charge in [-0.25, -0.2) is 0 Å². The largest absolute Gasteiger partial charge is 0.324 e. The summed E-state index contributed by atoms with van der Waals surface area (Å²) in [6.45, 7) is 2.22. The fraction of sp³-hybridized carbons (Fsp3) is 0.500. The third-order valence-electron chi connectivity index (χ3n) is 3.51. The van der Waals surface area contributed by atoms with Gasteiger partial charge in [0.25, 0.3) is 0 Å². The van der Waals surface area contributed by atoms with E-state index in [1.807, 2.05) is 0 Å². The smallest absolute Gasteiger partial charge is 0.0229 e. The topological polar surface area (TPSA) is 26.0 Å². The average Bonchev–Trinajstić information content (AvgIpc) is 2.55. The summed E-state index contributed by atoms with van der Waals surface area (Å²) >= 11 is 0. The van der Waals surface area contributed by atoms with Crippen molar-refractivity contribution in [1.82, 2.24) is 0 Å². The Labute approximate surface area is 105 Å². The number of rotatable bonds is 3. The molecular formula is C16H23N. The highest BCUT2D eigenvalue weighted by atomic mass is 14.6. The standard InChI is InChI=1S/C16H23N/c1-2-5-13-8-10-14(11-9-13)15-6-3-4-7-16(17)12-15/h8-12,16H,2-7,17H2,1H3. The molecule has 92 valence electrons. The normalized spacial score (nSPS) is 20.8. The molecule has 1 unspecified atom stereocenters. The van der Waals surface area contributed by atoms with E-state index in [0.717, 1.165) is 6.42 Å². The third-order valence-corrected chi connectivity index (χ3v) is 3.51. The van der Waals surface area contributed by atoms with Crippen LogP contribution >= 0.6 is 0 Å². The van der Waals surface area contributed by atoms with Crippen LogP contribution in [0.2, 0.25) is 0 Å². The van der Waals surface area contributed by atoms with Crippen LogP contribution in [0.1, 0.15) is 50.2 Å². The van der Waals surface area contributed by atoms with Gasteiger partial charge in [-0.3, -0.25) is 0 Å². The summed E-state index contributed by atoms with van der Waals surface area (Å²) in [5, 5.41) is 0. The number of allylic oxidation sites excluding steroid dienone is 1. The summed E-state index contributed by atoms with van der Waals surface area (Å²) < 4.78 is 0. The molecule has 1 aliphatic rings. The maximum absolute atomic E-state index is 6.06. The maximum Gasteiger partial charge on any atom is 0.0229 e. The summed E-state index contributed by atoms with van der Waals surface area (Å²) in [6.07, 6.45) is 9.51. The lowest BCUT2D eigenvalue weighted by Gasteiger charge is -2.08. The minimum atomic E-state index is 0.253. The molecule has 0 aromatic heterocycles.